The van der Waals surface area contributed by atoms with Gasteiger partial charge in [0.1, 0.15) is 5.69 Å². The Hall–Kier alpha value is -0.950. The highest BCUT2D eigenvalue weighted by molar-refractivity contribution is 9.11. The summed E-state index contributed by atoms with van der Waals surface area (Å²) in [5.41, 5.74) is -0.795. The van der Waals surface area contributed by atoms with Gasteiger partial charge in [-0.25, -0.2) is 4.98 Å². The maximum absolute atomic E-state index is 11.8. The molecule has 0 unspecified atom stereocenters. The van der Waals surface area contributed by atoms with Crippen LogP contribution in [0.15, 0.2) is 21.2 Å². The monoisotopic (exact) mass is 378 g/mol. The van der Waals surface area contributed by atoms with Gasteiger partial charge in [-0.1, -0.05) is 0 Å². The first-order valence-electron chi connectivity index (χ1n) is 5.06. The molecule has 18 heavy (non-hydrogen) atoms. The number of carbonyl (C=O) groups is 2. The fourth-order valence-electron chi connectivity index (χ4n) is 1.04. The minimum absolute atomic E-state index is 0.0331. The Labute approximate surface area is 121 Å². The van der Waals surface area contributed by atoms with Crippen LogP contribution in [0.1, 0.15) is 24.3 Å². The highest BCUT2D eigenvalue weighted by Gasteiger charge is 2.28. The van der Waals surface area contributed by atoms with Gasteiger partial charge >= 0.3 is 5.97 Å². The molecule has 0 aliphatic heterocycles. The van der Waals surface area contributed by atoms with Crippen molar-refractivity contribution in [3.63, 3.8) is 0 Å². The Bertz CT molecular complexity index is 489. The Morgan fingerprint density at radius 3 is 2.56 bits per heavy atom. The third-order valence-electron chi connectivity index (χ3n) is 2.29. The molecule has 5 nitrogen and oxygen atoms in total. The summed E-state index contributed by atoms with van der Waals surface area (Å²) in [5, 5.41) is 11.5. The Kier molecular flexibility index (Phi) is 4.86. The number of hydrogen-bond donors (Lipinski definition) is 2. The molecule has 2 N–H and O–H groups in total. The van der Waals surface area contributed by atoms with Crippen molar-refractivity contribution < 1.29 is 14.7 Å². The van der Waals surface area contributed by atoms with Gasteiger partial charge in [0.15, 0.2) is 0 Å². The SMILES string of the molecule is CC(C)(CNC(=O)c1ncc(Br)cc1Br)C(=O)O. The first kappa shape index (κ1) is 15.1. The molecule has 0 spiro atoms. The van der Waals surface area contributed by atoms with Crippen molar-refractivity contribution in [2.45, 2.75) is 13.8 Å². The smallest absolute Gasteiger partial charge is 0.310 e. The summed E-state index contributed by atoms with van der Waals surface area (Å²) >= 11 is 6.46. The summed E-state index contributed by atoms with van der Waals surface area (Å²) in [6, 6.07) is 1.70. The predicted octanol–water partition coefficient (Wildman–Crippen LogP) is 2.45. The van der Waals surface area contributed by atoms with Crippen molar-refractivity contribution in [2.24, 2.45) is 5.41 Å². The average Bonchev–Trinajstić information content (AvgIpc) is 2.25. The second-order valence-corrected chi connectivity index (χ2v) is 6.13. The molecule has 0 aliphatic rings. The third-order valence-corrected chi connectivity index (χ3v) is 3.33. The number of carbonyl (C=O) groups excluding carboxylic acids is 1. The number of rotatable bonds is 4. The minimum atomic E-state index is -1.02. The molecule has 1 heterocycles. The Morgan fingerprint density at radius 1 is 1.44 bits per heavy atom. The number of nitrogens with one attached hydrogen (secondary N) is 1. The molecule has 0 atom stereocenters. The Balaban J connectivity index is 2.75. The maximum Gasteiger partial charge on any atom is 0.310 e. The van der Waals surface area contributed by atoms with Gasteiger partial charge in [0.05, 0.1) is 9.89 Å². The van der Waals surface area contributed by atoms with Gasteiger partial charge in [-0.15, -0.1) is 0 Å². The molecular formula is C11H12Br2N2O3. The van der Waals surface area contributed by atoms with Gasteiger partial charge in [0.25, 0.3) is 5.91 Å². The number of aromatic nitrogens is 1. The van der Waals surface area contributed by atoms with E-state index in [0.717, 1.165) is 4.47 Å². The molecule has 0 radical (unpaired) electrons. The lowest BCUT2D eigenvalue weighted by molar-refractivity contribution is -0.146. The normalized spacial score (nSPS) is 11.1. The zero-order chi connectivity index (χ0) is 13.9. The lowest BCUT2D eigenvalue weighted by Crippen LogP contribution is -2.39. The second kappa shape index (κ2) is 5.79. The lowest BCUT2D eigenvalue weighted by atomic mass is 9.94. The van der Waals surface area contributed by atoms with Crippen LogP contribution in [0.4, 0.5) is 0 Å². The molecule has 1 aromatic rings. The van der Waals surface area contributed by atoms with Crippen LogP contribution in [0.25, 0.3) is 0 Å². The lowest BCUT2D eigenvalue weighted by Gasteiger charge is -2.19. The highest BCUT2D eigenvalue weighted by atomic mass is 79.9. The summed E-state index contributed by atoms with van der Waals surface area (Å²) in [5.74, 6) is -1.38. The molecule has 0 saturated carbocycles. The third kappa shape index (κ3) is 3.78. The van der Waals surface area contributed by atoms with Crippen LogP contribution in [-0.4, -0.2) is 28.5 Å². The van der Waals surface area contributed by atoms with Crippen molar-refractivity contribution in [3.8, 4) is 0 Å². The van der Waals surface area contributed by atoms with E-state index in [-0.39, 0.29) is 12.2 Å². The van der Waals surface area contributed by atoms with E-state index in [1.165, 1.54) is 6.20 Å². The number of aliphatic carboxylic acids is 1. The number of pyridine rings is 1. The van der Waals surface area contributed by atoms with Crippen LogP contribution in [0, 0.1) is 5.41 Å². The fraction of sp³-hybridized carbons (Fsp3) is 0.364. The van der Waals surface area contributed by atoms with Crippen LogP contribution >= 0.6 is 31.9 Å². The summed E-state index contributed by atoms with van der Waals surface area (Å²) in [4.78, 5) is 26.7. The molecule has 0 bridgehead atoms. The van der Waals surface area contributed by atoms with Gasteiger partial charge in [0.2, 0.25) is 0 Å². The molecule has 0 aromatic carbocycles. The standard InChI is InChI=1S/C11H12Br2N2O3/c1-11(2,10(17)18)5-15-9(16)8-7(13)3-6(12)4-14-8/h3-4H,5H2,1-2H3,(H,15,16)(H,17,18). The number of carboxylic acid groups (broad SMARTS) is 1. The topological polar surface area (TPSA) is 79.3 Å². The molecule has 1 rings (SSSR count). The predicted molar refractivity (Wildman–Crippen MR) is 73.4 cm³/mol. The largest absolute Gasteiger partial charge is 0.481 e. The van der Waals surface area contributed by atoms with Gasteiger partial charge in [0, 0.05) is 17.2 Å². The molecule has 0 aliphatic carbocycles. The average molecular weight is 380 g/mol. The summed E-state index contributed by atoms with van der Waals surface area (Å²) in [6.07, 6.45) is 1.50. The number of hydrogen-bond acceptors (Lipinski definition) is 3. The van der Waals surface area contributed by atoms with E-state index < -0.39 is 17.3 Å². The van der Waals surface area contributed by atoms with Gasteiger partial charge in [-0.2, -0.15) is 0 Å². The molecule has 1 amide bonds. The fourth-order valence-corrected chi connectivity index (χ4v) is 2.21. The van der Waals surface area contributed by atoms with E-state index in [1.807, 2.05) is 0 Å². The Morgan fingerprint density at radius 2 is 2.06 bits per heavy atom. The van der Waals surface area contributed by atoms with Crippen molar-refractivity contribution in [1.82, 2.24) is 10.3 Å². The van der Waals surface area contributed by atoms with Crippen molar-refractivity contribution in [3.05, 3.63) is 26.9 Å². The number of nitrogens with zero attached hydrogens (tertiary/aromatic N) is 1. The van der Waals surface area contributed by atoms with Crippen molar-refractivity contribution in [1.29, 1.82) is 0 Å². The molecule has 7 heteroatoms. The minimum Gasteiger partial charge on any atom is -0.481 e. The van der Waals surface area contributed by atoms with Gasteiger partial charge < -0.3 is 10.4 Å². The van der Waals surface area contributed by atoms with Gasteiger partial charge in [-0.05, 0) is 51.8 Å². The van der Waals surface area contributed by atoms with Gasteiger partial charge in [-0.3, -0.25) is 9.59 Å². The zero-order valence-corrected chi connectivity index (χ0v) is 13.0. The maximum atomic E-state index is 11.8. The zero-order valence-electron chi connectivity index (χ0n) is 9.83. The molecular weight excluding hydrogens is 368 g/mol. The number of halogens is 2. The highest BCUT2D eigenvalue weighted by Crippen LogP contribution is 2.20. The summed E-state index contributed by atoms with van der Waals surface area (Å²) in [7, 11) is 0. The van der Waals surface area contributed by atoms with E-state index >= 15 is 0 Å². The van der Waals surface area contributed by atoms with Crippen LogP contribution in [0.5, 0.6) is 0 Å². The summed E-state index contributed by atoms with van der Waals surface area (Å²) < 4.78 is 1.29. The van der Waals surface area contributed by atoms with Crippen LogP contribution < -0.4 is 5.32 Å². The van der Waals surface area contributed by atoms with Crippen molar-refractivity contribution >= 4 is 43.7 Å². The van der Waals surface area contributed by atoms with Crippen LogP contribution in [0.2, 0.25) is 0 Å². The molecule has 0 fully saturated rings. The number of amides is 1. The van der Waals surface area contributed by atoms with E-state index in [2.05, 4.69) is 42.2 Å². The first-order chi connectivity index (χ1) is 8.24. The quantitative estimate of drug-likeness (QED) is 0.842. The van der Waals surface area contributed by atoms with E-state index in [1.54, 1.807) is 19.9 Å². The first-order valence-corrected chi connectivity index (χ1v) is 6.65. The molecule has 98 valence electrons. The molecule has 0 saturated heterocycles. The van der Waals surface area contributed by atoms with Crippen LogP contribution in [-0.2, 0) is 4.79 Å². The second-order valence-electron chi connectivity index (χ2n) is 4.36. The van der Waals surface area contributed by atoms with Crippen LogP contribution in [0.3, 0.4) is 0 Å². The van der Waals surface area contributed by atoms with Crippen molar-refractivity contribution in [2.75, 3.05) is 6.54 Å². The van der Waals surface area contributed by atoms with E-state index in [4.69, 9.17) is 5.11 Å². The van der Waals surface area contributed by atoms with E-state index in [0.29, 0.717) is 4.47 Å². The number of carboxylic acids is 1. The summed E-state index contributed by atoms with van der Waals surface area (Å²) in [6.45, 7) is 3.12. The van der Waals surface area contributed by atoms with E-state index in [9.17, 15) is 9.59 Å². The molecule has 1 aromatic heterocycles.